The molecule has 0 amide bonds. The van der Waals surface area contributed by atoms with E-state index in [-0.39, 0.29) is 0 Å². The highest BCUT2D eigenvalue weighted by molar-refractivity contribution is 4.89. The zero-order valence-corrected chi connectivity index (χ0v) is 9.47. The minimum Gasteiger partial charge on any atom is -0.314 e. The summed E-state index contributed by atoms with van der Waals surface area (Å²) in [7, 11) is 0. The number of hydrogen-bond acceptors (Lipinski definition) is 2. The SMILES string of the molecule is CCCN(C1CCCCC1)C1CNC1. The molecule has 2 aliphatic rings. The molecule has 0 aromatic heterocycles. The molecule has 1 saturated carbocycles. The van der Waals surface area contributed by atoms with Crippen molar-refractivity contribution in [2.75, 3.05) is 19.6 Å². The summed E-state index contributed by atoms with van der Waals surface area (Å²) in [4.78, 5) is 2.79. The molecule has 0 aromatic rings. The van der Waals surface area contributed by atoms with E-state index in [1.807, 2.05) is 0 Å². The molecular formula is C12H24N2. The summed E-state index contributed by atoms with van der Waals surface area (Å²) in [5, 5.41) is 3.40. The van der Waals surface area contributed by atoms with Gasteiger partial charge in [0.25, 0.3) is 0 Å². The first-order valence-electron chi connectivity index (χ1n) is 6.38. The van der Waals surface area contributed by atoms with E-state index in [2.05, 4.69) is 17.1 Å². The van der Waals surface area contributed by atoms with Gasteiger partial charge in [0.2, 0.25) is 0 Å². The highest BCUT2D eigenvalue weighted by Gasteiger charge is 2.30. The van der Waals surface area contributed by atoms with Crippen LogP contribution in [0.4, 0.5) is 0 Å². The summed E-state index contributed by atoms with van der Waals surface area (Å²) >= 11 is 0. The third-order valence-electron chi connectivity index (χ3n) is 3.75. The summed E-state index contributed by atoms with van der Waals surface area (Å²) in [5.41, 5.74) is 0. The molecule has 1 heterocycles. The molecule has 0 radical (unpaired) electrons. The molecule has 0 aromatic carbocycles. The fourth-order valence-electron chi connectivity index (χ4n) is 2.84. The fraction of sp³-hybridized carbons (Fsp3) is 1.00. The Morgan fingerprint density at radius 1 is 1.07 bits per heavy atom. The summed E-state index contributed by atoms with van der Waals surface area (Å²) in [6.07, 6.45) is 8.62. The molecule has 82 valence electrons. The highest BCUT2D eigenvalue weighted by atomic mass is 15.3. The highest BCUT2D eigenvalue weighted by Crippen LogP contribution is 2.25. The maximum absolute atomic E-state index is 3.40. The van der Waals surface area contributed by atoms with Crippen LogP contribution in [0.5, 0.6) is 0 Å². The van der Waals surface area contributed by atoms with Gasteiger partial charge in [-0.05, 0) is 25.8 Å². The van der Waals surface area contributed by atoms with E-state index in [4.69, 9.17) is 0 Å². The molecule has 2 rings (SSSR count). The quantitative estimate of drug-likeness (QED) is 0.740. The van der Waals surface area contributed by atoms with Crippen LogP contribution in [0.25, 0.3) is 0 Å². The van der Waals surface area contributed by atoms with E-state index in [0.717, 1.165) is 12.1 Å². The van der Waals surface area contributed by atoms with Crippen LogP contribution in [0.15, 0.2) is 0 Å². The summed E-state index contributed by atoms with van der Waals surface area (Å²) in [6.45, 7) is 6.09. The Morgan fingerprint density at radius 3 is 2.29 bits per heavy atom. The second kappa shape index (κ2) is 5.13. The molecule has 0 bridgehead atoms. The van der Waals surface area contributed by atoms with E-state index in [1.54, 1.807) is 0 Å². The van der Waals surface area contributed by atoms with Gasteiger partial charge in [-0.2, -0.15) is 0 Å². The van der Waals surface area contributed by atoms with Gasteiger partial charge in [0, 0.05) is 25.2 Å². The van der Waals surface area contributed by atoms with Gasteiger partial charge in [-0.15, -0.1) is 0 Å². The van der Waals surface area contributed by atoms with Gasteiger partial charge >= 0.3 is 0 Å². The Kier molecular flexibility index (Phi) is 3.82. The van der Waals surface area contributed by atoms with Crippen molar-refractivity contribution in [3.8, 4) is 0 Å². The lowest BCUT2D eigenvalue weighted by atomic mass is 9.92. The molecule has 14 heavy (non-hydrogen) atoms. The molecule has 0 spiro atoms. The lowest BCUT2D eigenvalue weighted by Gasteiger charge is -2.44. The zero-order chi connectivity index (χ0) is 9.80. The van der Waals surface area contributed by atoms with Crippen LogP contribution in [0.3, 0.4) is 0 Å². The van der Waals surface area contributed by atoms with E-state index >= 15 is 0 Å². The topological polar surface area (TPSA) is 15.3 Å². The van der Waals surface area contributed by atoms with Crippen molar-refractivity contribution in [2.24, 2.45) is 0 Å². The lowest BCUT2D eigenvalue weighted by Crippen LogP contribution is -2.60. The largest absolute Gasteiger partial charge is 0.314 e. The molecule has 0 atom stereocenters. The molecule has 2 heteroatoms. The van der Waals surface area contributed by atoms with Crippen molar-refractivity contribution < 1.29 is 0 Å². The molecule has 1 aliphatic carbocycles. The average molecular weight is 196 g/mol. The number of nitrogens with one attached hydrogen (secondary N) is 1. The third-order valence-corrected chi connectivity index (χ3v) is 3.75. The molecule has 0 unspecified atom stereocenters. The van der Waals surface area contributed by atoms with E-state index in [9.17, 15) is 0 Å². The number of hydrogen-bond donors (Lipinski definition) is 1. The molecule has 1 N–H and O–H groups in total. The average Bonchev–Trinajstić information content (AvgIpc) is 2.16. The van der Waals surface area contributed by atoms with Gasteiger partial charge < -0.3 is 5.32 Å². The van der Waals surface area contributed by atoms with Crippen molar-refractivity contribution in [3.63, 3.8) is 0 Å². The van der Waals surface area contributed by atoms with Crippen LogP contribution in [-0.2, 0) is 0 Å². The predicted molar refractivity (Wildman–Crippen MR) is 60.5 cm³/mol. The van der Waals surface area contributed by atoms with Gasteiger partial charge in [-0.25, -0.2) is 0 Å². The fourth-order valence-corrected chi connectivity index (χ4v) is 2.84. The summed E-state index contributed by atoms with van der Waals surface area (Å²) in [6, 6.07) is 1.77. The second-order valence-electron chi connectivity index (χ2n) is 4.84. The minimum absolute atomic E-state index is 0.859. The molecule has 1 aliphatic heterocycles. The maximum Gasteiger partial charge on any atom is 0.0348 e. The van der Waals surface area contributed by atoms with Crippen molar-refractivity contribution in [3.05, 3.63) is 0 Å². The maximum atomic E-state index is 3.40. The molecule has 1 saturated heterocycles. The van der Waals surface area contributed by atoms with Gasteiger partial charge in [0.1, 0.15) is 0 Å². The smallest absolute Gasteiger partial charge is 0.0348 e. The van der Waals surface area contributed by atoms with Crippen LogP contribution in [-0.4, -0.2) is 36.6 Å². The van der Waals surface area contributed by atoms with Crippen LogP contribution in [0.1, 0.15) is 45.4 Å². The minimum atomic E-state index is 0.859. The Morgan fingerprint density at radius 2 is 1.79 bits per heavy atom. The Labute approximate surface area is 88.1 Å². The molecular weight excluding hydrogens is 172 g/mol. The number of rotatable bonds is 4. The van der Waals surface area contributed by atoms with Gasteiger partial charge in [-0.1, -0.05) is 26.2 Å². The van der Waals surface area contributed by atoms with E-state index in [0.29, 0.717) is 0 Å². The Balaban J connectivity index is 1.86. The van der Waals surface area contributed by atoms with Crippen LogP contribution < -0.4 is 5.32 Å². The standard InChI is InChI=1S/C12H24N2/c1-2-8-14(12-9-13-10-12)11-6-4-3-5-7-11/h11-13H,2-10H2,1H3. The Bertz CT molecular complexity index is 160. The summed E-state index contributed by atoms with van der Waals surface area (Å²) < 4.78 is 0. The predicted octanol–water partition coefficient (Wildman–Crippen LogP) is 2.00. The van der Waals surface area contributed by atoms with Crippen molar-refractivity contribution in [1.29, 1.82) is 0 Å². The second-order valence-corrected chi connectivity index (χ2v) is 4.84. The van der Waals surface area contributed by atoms with Crippen LogP contribution in [0.2, 0.25) is 0 Å². The number of nitrogens with zero attached hydrogens (tertiary/aromatic N) is 1. The molecule has 2 nitrogen and oxygen atoms in total. The van der Waals surface area contributed by atoms with Crippen LogP contribution >= 0.6 is 0 Å². The molecule has 2 fully saturated rings. The first-order valence-corrected chi connectivity index (χ1v) is 6.38. The summed E-state index contributed by atoms with van der Waals surface area (Å²) in [5.74, 6) is 0. The van der Waals surface area contributed by atoms with Crippen molar-refractivity contribution in [2.45, 2.75) is 57.5 Å². The van der Waals surface area contributed by atoms with Gasteiger partial charge in [0.05, 0.1) is 0 Å². The van der Waals surface area contributed by atoms with Gasteiger partial charge in [-0.3, -0.25) is 4.90 Å². The monoisotopic (exact) mass is 196 g/mol. The van der Waals surface area contributed by atoms with Gasteiger partial charge in [0.15, 0.2) is 0 Å². The zero-order valence-electron chi connectivity index (χ0n) is 9.47. The normalized spacial score (nSPS) is 25.3. The van der Waals surface area contributed by atoms with Crippen molar-refractivity contribution >= 4 is 0 Å². The van der Waals surface area contributed by atoms with E-state index < -0.39 is 0 Å². The third kappa shape index (κ3) is 2.29. The first-order chi connectivity index (χ1) is 6.92. The van der Waals surface area contributed by atoms with Crippen LogP contribution in [0, 0.1) is 0 Å². The van der Waals surface area contributed by atoms with E-state index in [1.165, 1.54) is 58.2 Å². The Hall–Kier alpha value is -0.0800. The van der Waals surface area contributed by atoms with Crippen molar-refractivity contribution in [1.82, 2.24) is 10.2 Å². The first kappa shape index (κ1) is 10.4. The lowest BCUT2D eigenvalue weighted by molar-refractivity contribution is 0.0734.